The van der Waals surface area contributed by atoms with Gasteiger partial charge in [-0.25, -0.2) is 4.79 Å². The van der Waals surface area contributed by atoms with Gasteiger partial charge in [-0.2, -0.15) is 0 Å². The highest BCUT2D eigenvalue weighted by molar-refractivity contribution is 5.99. The van der Waals surface area contributed by atoms with Gasteiger partial charge in [0.2, 0.25) is 5.78 Å². The molecule has 1 unspecified atom stereocenters. The number of hydrogen-bond acceptors (Lipinski definition) is 4. The van der Waals surface area contributed by atoms with Gasteiger partial charge >= 0.3 is 6.09 Å². The molecule has 0 heterocycles. The molecular formula is C10H11NO4. The zero-order valence-corrected chi connectivity index (χ0v) is 8.17. The summed E-state index contributed by atoms with van der Waals surface area (Å²) in [7, 11) is 1.26. The van der Waals surface area contributed by atoms with Crippen LogP contribution in [0.4, 0.5) is 4.79 Å². The minimum Gasteiger partial charge on any atom is -0.412 e. The Morgan fingerprint density at radius 3 is 2.33 bits per heavy atom. The molecule has 1 aromatic carbocycles. The van der Waals surface area contributed by atoms with Gasteiger partial charge in [0.15, 0.2) is 0 Å². The average molecular weight is 209 g/mol. The number of ether oxygens (including phenoxy) is 2. The highest BCUT2D eigenvalue weighted by atomic mass is 16.7. The van der Waals surface area contributed by atoms with Crippen molar-refractivity contribution >= 4 is 11.9 Å². The molecule has 0 radical (unpaired) electrons. The van der Waals surface area contributed by atoms with Gasteiger partial charge in [-0.15, -0.1) is 0 Å². The van der Waals surface area contributed by atoms with Crippen LogP contribution < -0.4 is 5.73 Å². The van der Waals surface area contributed by atoms with Crippen molar-refractivity contribution in [3.8, 4) is 0 Å². The zero-order chi connectivity index (χ0) is 11.3. The molecule has 15 heavy (non-hydrogen) atoms. The van der Waals surface area contributed by atoms with E-state index in [1.807, 2.05) is 0 Å². The standard InChI is InChI=1S/C10H11NO4/c1-14-9(15-10(11)13)8(12)7-5-3-2-4-6-7/h2-6,9H,1H3,(H2,11,13). The van der Waals surface area contributed by atoms with E-state index in [0.29, 0.717) is 5.56 Å². The van der Waals surface area contributed by atoms with E-state index in [0.717, 1.165) is 0 Å². The van der Waals surface area contributed by atoms with E-state index in [2.05, 4.69) is 4.74 Å². The predicted molar refractivity (Wildman–Crippen MR) is 52.2 cm³/mol. The summed E-state index contributed by atoms with van der Waals surface area (Å²) in [5.41, 5.74) is 5.19. The number of benzene rings is 1. The maximum absolute atomic E-state index is 11.7. The lowest BCUT2D eigenvalue weighted by Gasteiger charge is -2.12. The molecule has 1 aromatic rings. The molecule has 0 aliphatic rings. The van der Waals surface area contributed by atoms with Crippen LogP contribution in [0.2, 0.25) is 0 Å². The number of hydrogen-bond donors (Lipinski definition) is 1. The Morgan fingerprint density at radius 1 is 1.27 bits per heavy atom. The van der Waals surface area contributed by atoms with Crippen LogP contribution in [-0.4, -0.2) is 25.3 Å². The van der Waals surface area contributed by atoms with Crippen LogP contribution in [0.1, 0.15) is 10.4 Å². The van der Waals surface area contributed by atoms with Gasteiger partial charge in [-0.05, 0) is 0 Å². The van der Waals surface area contributed by atoms with Crippen molar-refractivity contribution in [2.24, 2.45) is 5.73 Å². The van der Waals surface area contributed by atoms with Crippen LogP contribution >= 0.6 is 0 Å². The summed E-state index contributed by atoms with van der Waals surface area (Å²) in [4.78, 5) is 22.1. The normalized spacial score (nSPS) is 11.8. The van der Waals surface area contributed by atoms with Gasteiger partial charge in [-0.3, -0.25) is 4.79 Å². The monoisotopic (exact) mass is 209 g/mol. The molecule has 2 N–H and O–H groups in total. The Labute approximate surface area is 86.8 Å². The summed E-state index contributed by atoms with van der Waals surface area (Å²) in [6, 6.07) is 8.36. The Bertz CT molecular complexity index is 350. The summed E-state index contributed by atoms with van der Waals surface area (Å²) < 4.78 is 9.19. The summed E-state index contributed by atoms with van der Waals surface area (Å²) in [6.07, 6.45) is -2.34. The number of primary amides is 1. The minimum atomic E-state index is -1.29. The van der Waals surface area contributed by atoms with Gasteiger partial charge in [-0.1, -0.05) is 30.3 Å². The lowest BCUT2D eigenvalue weighted by Crippen LogP contribution is -2.31. The first kappa shape index (κ1) is 11.2. The number of carbonyl (C=O) groups is 2. The molecular weight excluding hydrogens is 198 g/mol. The van der Waals surface area contributed by atoms with Crippen molar-refractivity contribution in [3.63, 3.8) is 0 Å². The lowest BCUT2D eigenvalue weighted by atomic mass is 10.1. The highest BCUT2D eigenvalue weighted by Crippen LogP contribution is 2.06. The van der Waals surface area contributed by atoms with E-state index in [4.69, 9.17) is 10.5 Å². The van der Waals surface area contributed by atoms with Crippen molar-refractivity contribution < 1.29 is 19.1 Å². The molecule has 5 nitrogen and oxygen atoms in total. The number of ketones is 1. The second-order valence-electron chi connectivity index (χ2n) is 2.73. The third-order valence-corrected chi connectivity index (χ3v) is 1.71. The van der Waals surface area contributed by atoms with Crippen LogP contribution in [0.15, 0.2) is 30.3 Å². The van der Waals surface area contributed by atoms with E-state index in [1.165, 1.54) is 7.11 Å². The van der Waals surface area contributed by atoms with Gasteiger partial charge < -0.3 is 15.2 Å². The quantitative estimate of drug-likeness (QED) is 0.591. The van der Waals surface area contributed by atoms with Crippen molar-refractivity contribution in [3.05, 3.63) is 35.9 Å². The largest absolute Gasteiger partial charge is 0.412 e. The first-order valence-electron chi connectivity index (χ1n) is 4.23. The molecule has 0 aromatic heterocycles. The summed E-state index contributed by atoms with van der Waals surface area (Å²) in [6.45, 7) is 0. The number of Topliss-reactive ketones (excluding diaryl/α,β-unsaturated/α-hetero) is 1. The van der Waals surface area contributed by atoms with Crippen LogP contribution in [0.25, 0.3) is 0 Å². The van der Waals surface area contributed by atoms with Crippen LogP contribution in [0, 0.1) is 0 Å². The van der Waals surface area contributed by atoms with E-state index in [9.17, 15) is 9.59 Å². The van der Waals surface area contributed by atoms with Gasteiger partial charge in [0.1, 0.15) is 0 Å². The molecule has 0 fully saturated rings. The number of nitrogens with two attached hydrogens (primary N) is 1. The maximum Gasteiger partial charge on any atom is 0.407 e. The number of carbonyl (C=O) groups excluding carboxylic acids is 2. The first-order valence-corrected chi connectivity index (χ1v) is 4.23. The Balaban J connectivity index is 2.78. The van der Waals surface area contributed by atoms with Crippen molar-refractivity contribution in [2.45, 2.75) is 6.29 Å². The highest BCUT2D eigenvalue weighted by Gasteiger charge is 2.22. The summed E-state index contributed by atoms with van der Waals surface area (Å²) in [5, 5.41) is 0. The molecule has 1 rings (SSSR count). The second kappa shape index (κ2) is 5.11. The lowest BCUT2D eigenvalue weighted by molar-refractivity contribution is -0.0544. The van der Waals surface area contributed by atoms with Crippen molar-refractivity contribution in [1.82, 2.24) is 0 Å². The van der Waals surface area contributed by atoms with E-state index < -0.39 is 18.2 Å². The van der Waals surface area contributed by atoms with Gasteiger partial charge in [0.05, 0.1) is 0 Å². The van der Waals surface area contributed by atoms with E-state index >= 15 is 0 Å². The molecule has 5 heteroatoms. The van der Waals surface area contributed by atoms with Crippen LogP contribution in [-0.2, 0) is 9.47 Å². The average Bonchev–Trinajstić information content (AvgIpc) is 2.26. The molecule has 80 valence electrons. The van der Waals surface area contributed by atoms with Crippen LogP contribution in [0.5, 0.6) is 0 Å². The first-order chi connectivity index (χ1) is 7.15. The molecule has 1 amide bonds. The number of methoxy groups -OCH3 is 1. The maximum atomic E-state index is 11.7. The molecule has 0 spiro atoms. The smallest absolute Gasteiger partial charge is 0.407 e. The molecule has 1 atom stereocenters. The number of rotatable bonds is 4. The van der Waals surface area contributed by atoms with Gasteiger partial charge in [0, 0.05) is 12.7 Å². The second-order valence-corrected chi connectivity index (χ2v) is 2.73. The molecule has 0 aliphatic carbocycles. The Morgan fingerprint density at radius 2 is 1.87 bits per heavy atom. The fraction of sp³-hybridized carbons (Fsp3) is 0.200. The molecule has 0 saturated heterocycles. The predicted octanol–water partition coefficient (Wildman–Crippen LogP) is 0.937. The minimum absolute atomic E-state index is 0.394. The zero-order valence-electron chi connectivity index (χ0n) is 8.17. The summed E-state index contributed by atoms with van der Waals surface area (Å²) in [5.74, 6) is -0.447. The topological polar surface area (TPSA) is 78.6 Å². The fourth-order valence-corrected chi connectivity index (χ4v) is 1.05. The molecule has 0 aliphatic heterocycles. The van der Waals surface area contributed by atoms with Gasteiger partial charge in [0.25, 0.3) is 6.29 Å². The SMILES string of the molecule is COC(OC(N)=O)C(=O)c1ccccc1. The van der Waals surface area contributed by atoms with Crippen molar-refractivity contribution in [1.29, 1.82) is 0 Å². The van der Waals surface area contributed by atoms with Crippen LogP contribution in [0.3, 0.4) is 0 Å². The number of amides is 1. The Hall–Kier alpha value is -1.88. The third-order valence-electron chi connectivity index (χ3n) is 1.71. The van der Waals surface area contributed by atoms with E-state index in [-0.39, 0.29) is 0 Å². The summed E-state index contributed by atoms with van der Waals surface area (Å²) >= 11 is 0. The Kier molecular flexibility index (Phi) is 3.82. The van der Waals surface area contributed by atoms with E-state index in [1.54, 1.807) is 30.3 Å². The molecule has 0 saturated carbocycles. The van der Waals surface area contributed by atoms with Crippen molar-refractivity contribution in [2.75, 3.05) is 7.11 Å². The molecule has 0 bridgehead atoms. The third kappa shape index (κ3) is 3.07. The fourth-order valence-electron chi connectivity index (χ4n) is 1.05.